The van der Waals surface area contributed by atoms with Crippen molar-refractivity contribution < 1.29 is 23.8 Å². The number of ether oxygens (including phenoxy) is 3. The van der Waals surface area contributed by atoms with Gasteiger partial charge in [-0.25, -0.2) is 9.78 Å². The van der Waals surface area contributed by atoms with Crippen molar-refractivity contribution in [3.05, 3.63) is 47.5 Å². The van der Waals surface area contributed by atoms with Crippen molar-refractivity contribution in [3.8, 4) is 11.5 Å². The first-order valence-corrected chi connectivity index (χ1v) is 8.40. The first kappa shape index (κ1) is 17.7. The Morgan fingerprint density at radius 1 is 0.923 bits per heavy atom. The standard InChI is InChI=1S/C18H16N2O5S/c1-23-12-8-9-13(24-2)15-14(12)19-18(26-15)20-16(21)10-4-6-11(7-5-10)17(22)25-3/h4-9H,1-3H3,(H,19,20,21). The van der Waals surface area contributed by atoms with Gasteiger partial charge in [0, 0.05) is 5.56 Å². The molecule has 0 bridgehead atoms. The highest BCUT2D eigenvalue weighted by Crippen LogP contribution is 2.38. The minimum Gasteiger partial charge on any atom is -0.495 e. The molecule has 0 atom stereocenters. The van der Waals surface area contributed by atoms with Crippen LogP contribution in [0.4, 0.5) is 5.13 Å². The molecular formula is C18H16N2O5S. The summed E-state index contributed by atoms with van der Waals surface area (Å²) in [5.74, 6) is 0.460. The predicted molar refractivity (Wildman–Crippen MR) is 98.5 cm³/mol. The van der Waals surface area contributed by atoms with E-state index in [1.807, 2.05) is 0 Å². The van der Waals surface area contributed by atoms with Gasteiger partial charge in [0.1, 0.15) is 21.7 Å². The van der Waals surface area contributed by atoms with Crippen LogP contribution < -0.4 is 14.8 Å². The summed E-state index contributed by atoms with van der Waals surface area (Å²) in [7, 11) is 4.43. The van der Waals surface area contributed by atoms with E-state index in [4.69, 9.17) is 9.47 Å². The number of benzene rings is 2. The normalized spacial score (nSPS) is 10.4. The molecule has 2 aromatic carbocycles. The summed E-state index contributed by atoms with van der Waals surface area (Å²) < 4.78 is 16.1. The van der Waals surface area contributed by atoms with Crippen molar-refractivity contribution in [1.82, 2.24) is 4.98 Å². The van der Waals surface area contributed by atoms with Crippen molar-refractivity contribution in [2.75, 3.05) is 26.6 Å². The Morgan fingerprint density at radius 2 is 1.54 bits per heavy atom. The van der Waals surface area contributed by atoms with E-state index in [9.17, 15) is 9.59 Å². The molecule has 3 rings (SSSR count). The maximum atomic E-state index is 12.4. The molecule has 0 radical (unpaired) electrons. The van der Waals surface area contributed by atoms with Gasteiger partial charge >= 0.3 is 5.97 Å². The Kier molecular flexibility index (Phi) is 5.04. The van der Waals surface area contributed by atoms with Crippen LogP contribution in [0.1, 0.15) is 20.7 Å². The molecule has 0 fully saturated rings. The number of fused-ring (bicyclic) bond motifs is 1. The van der Waals surface area contributed by atoms with E-state index in [1.54, 1.807) is 38.5 Å². The van der Waals surface area contributed by atoms with E-state index in [1.165, 1.54) is 30.6 Å². The molecule has 0 aliphatic heterocycles. The first-order chi connectivity index (χ1) is 12.6. The molecule has 134 valence electrons. The summed E-state index contributed by atoms with van der Waals surface area (Å²) in [5, 5.41) is 3.18. The zero-order chi connectivity index (χ0) is 18.7. The molecule has 0 aliphatic carbocycles. The van der Waals surface area contributed by atoms with Gasteiger partial charge in [-0.2, -0.15) is 0 Å². The van der Waals surface area contributed by atoms with Crippen LogP contribution in [0.5, 0.6) is 11.5 Å². The van der Waals surface area contributed by atoms with Crippen LogP contribution >= 0.6 is 11.3 Å². The second-order valence-corrected chi connectivity index (χ2v) is 6.19. The van der Waals surface area contributed by atoms with E-state index >= 15 is 0 Å². The Bertz CT molecular complexity index is 925. The maximum Gasteiger partial charge on any atom is 0.337 e. The van der Waals surface area contributed by atoms with Gasteiger partial charge in [-0.15, -0.1) is 0 Å². The van der Waals surface area contributed by atoms with Crippen molar-refractivity contribution in [1.29, 1.82) is 0 Å². The number of hydrogen-bond acceptors (Lipinski definition) is 7. The molecule has 1 heterocycles. The molecule has 0 spiro atoms. The number of amides is 1. The Hall–Kier alpha value is -3.13. The molecule has 0 saturated carbocycles. The quantitative estimate of drug-likeness (QED) is 0.691. The molecule has 0 unspecified atom stereocenters. The fourth-order valence-corrected chi connectivity index (χ4v) is 3.35. The van der Waals surface area contributed by atoms with Gasteiger partial charge in [0.2, 0.25) is 0 Å². The number of esters is 1. The third-order valence-electron chi connectivity index (χ3n) is 3.70. The monoisotopic (exact) mass is 372 g/mol. The lowest BCUT2D eigenvalue weighted by Gasteiger charge is -2.03. The SMILES string of the molecule is COC(=O)c1ccc(C(=O)Nc2nc3c(OC)ccc(OC)c3s2)cc1. The summed E-state index contributed by atoms with van der Waals surface area (Å²) >= 11 is 1.29. The van der Waals surface area contributed by atoms with Crippen molar-refractivity contribution >= 4 is 38.6 Å². The summed E-state index contributed by atoms with van der Waals surface area (Å²) in [5.41, 5.74) is 1.39. The molecule has 0 aliphatic rings. The lowest BCUT2D eigenvalue weighted by atomic mass is 10.1. The van der Waals surface area contributed by atoms with E-state index in [0.717, 1.165) is 4.70 Å². The molecular weight excluding hydrogens is 356 g/mol. The molecule has 1 amide bonds. The molecule has 3 aromatic rings. The number of nitrogens with one attached hydrogen (secondary N) is 1. The van der Waals surface area contributed by atoms with E-state index in [2.05, 4.69) is 15.0 Å². The third-order valence-corrected chi connectivity index (χ3v) is 4.68. The Balaban J connectivity index is 1.86. The van der Waals surface area contributed by atoms with E-state index < -0.39 is 5.97 Å². The molecule has 7 nitrogen and oxygen atoms in total. The van der Waals surface area contributed by atoms with Gasteiger partial charge in [0.15, 0.2) is 5.13 Å². The van der Waals surface area contributed by atoms with E-state index in [0.29, 0.717) is 33.3 Å². The zero-order valence-electron chi connectivity index (χ0n) is 14.4. The van der Waals surface area contributed by atoms with Crippen LogP contribution in [0.3, 0.4) is 0 Å². The van der Waals surface area contributed by atoms with Gasteiger partial charge in [-0.1, -0.05) is 11.3 Å². The molecule has 0 saturated heterocycles. The fraction of sp³-hybridized carbons (Fsp3) is 0.167. The van der Waals surface area contributed by atoms with Gasteiger partial charge in [-0.05, 0) is 36.4 Å². The molecule has 8 heteroatoms. The van der Waals surface area contributed by atoms with Crippen LogP contribution in [0.25, 0.3) is 10.2 Å². The van der Waals surface area contributed by atoms with Crippen LogP contribution in [-0.4, -0.2) is 38.2 Å². The summed E-state index contributed by atoms with van der Waals surface area (Å²) in [6, 6.07) is 9.72. The Morgan fingerprint density at radius 3 is 2.15 bits per heavy atom. The van der Waals surface area contributed by atoms with Gasteiger partial charge < -0.3 is 14.2 Å². The van der Waals surface area contributed by atoms with Crippen LogP contribution in [-0.2, 0) is 4.74 Å². The summed E-state index contributed by atoms with van der Waals surface area (Å²) in [4.78, 5) is 28.3. The number of carbonyl (C=O) groups is 2. The number of thiazole rings is 1. The highest BCUT2D eigenvalue weighted by Gasteiger charge is 2.16. The van der Waals surface area contributed by atoms with Gasteiger partial charge in [-0.3, -0.25) is 10.1 Å². The summed E-state index contributed by atoms with van der Waals surface area (Å²) in [6.07, 6.45) is 0. The first-order valence-electron chi connectivity index (χ1n) is 7.58. The van der Waals surface area contributed by atoms with Gasteiger partial charge in [0.05, 0.1) is 26.9 Å². The average Bonchev–Trinajstić information content (AvgIpc) is 3.10. The van der Waals surface area contributed by atoms with Crippen molar-refractivity contribution in [3.63, 3.8) is 0 Å². The number of rotatable bonds is 5. The Labute approximate surface area is 153 Å². The maximum absolute atomic E-state index is 12.4. The van der Waals surface area contributed by atoms with Crippen molar-refractivity contribution in [2.45, 2.75) is 0 Å². The second kappa shape index (κ2) is 7.40. The lowest BCUT2D eigenvalue weighted by molar-refractivity contribution is 0.0600. The highest BCUT2D eigenvalue weighted by atomic mass is 32.1. The largest absolute Gasteiger partial charge is 0.495 e. The molecule has 1 aromatic heterocycles. The minimum absolute atomic E-state index is 0.335. The summed E-state index contributed by atoms with van der Waals surface area (Å²) in [6.45, 7) is 0. The van der Waals surface area contributed by atoms with Crippen molar-refractivity contribution in [2.24, 2.45) is 0 Å². The highest BCUT2D eigenvalue weighted by molar-refractivity contribution is 7.22. The fourth-order valence-electron chi connectivity index (χ4n) is 2.38. The van der Waals surface area contributed by atoms with Crippen LogP contribution in [0.2, 0.25) is 0 Å². The minimum atomic E-state index is -0.456. The number of carbonyl (C=O) groups excluding carboxylic acids is 2. The van der Waals surface area contributed by atoms with Crippen LogP contribution in [0, 0.1) is 0 Å². The second-order valence-electron chi connectivity index (χ2n) is 5.19. The zero-order valence-corrected chi connectivity index (χ0v) is 15.2. The number of methoxy groups -OCH3 is 3. The lowest BCUT2D eigenvalue weighted by Crippen LogP contribution is -2.12. The third kappa shape index (κ3) is 3.31. The topological polar surface area (TPSA) is 86.8 Å². The average molecular weight is 372 g/mol. The smallest absolute Gasteiger partial charge is 0.337 e. The van der Waals surface area contributed by atoms with Gasteiger partial charge in [0.25, 0.3) is 5.91 Å². The number of aromatic nitrogens is 1. The number of anilines is 1. The molecule has 1 N–H and O–H groups in total. The number of nitrogens with zero attached hydrogens (tertiary/aromatic N) is 1. The van der Waals surface area contributed by atoms with Crippen LogP contribution in [0.15, 0.2) is 36.4 Å². The van der Waals surface area contributed by atoms with E-state index in [-0.39, 0.29) is 5.91 Å². The predicted octanol–water partition coefficient (Wildman–Crippen LogP) is 3.35. The number of hydrogen-bond donors (Lipinski definition) is 1. The molecule has 26 heavy (non-hydrogen) atoms.